The van der Waals surface area contributed by atoms with Crippen LogP contribution < -0.4 is 10.6 Å². The van der Waals surface area contributed by atoms with Gasteiger partial charge in [0.1, 0.15) is 0 Å². The van der Waals surface area contributed by atoms with Crippen LogP contribution in [0.5, 0.6) is 0 Å². The molecule has 2 N–H and O–H groups in total. The second-order valence-electron chi connectivity index (χ2n) is 5.66. The Hall–Kier alpha value is -3.06. The van der Waals surface area contributed by atoms with Crippen LogP contribution in [0.1, 0.15) is 5.56 Å². The maximum Gasteiger partial charge on any atom is 0.417 e. The van der Waals surface area contributed by atoms with E-state index >= 15 is 0 Å². The number of fused-ring (bicyclic) bond motifs is 1. The topological polar surface area (TPSA) is 58.2 Å². The third-order valence-electron chi connectivity index (χ3n) is 3.74. The fourth-order valence-corrected chi connectivity index (χ4v) is 2.69. The Morgan fingerprint density at radius 1 is 0.778 bits per heavy atom. The first-order chi connectivity index (χ1) is 12.7. The Morgan fingerprint density at radius 3 is 1.96 bits per heavy atom. The zero-order valence-corrected chi connectivity index (χ0v) is 14.4. The smallest absolute Gasteiger partial charge is 0.318 e. The average Bonchev–Trinajstić information content (AvgIpc) is 2.62. The van der Waals surface area contributed by atoms with E-state index in [2.05, 4.69) is 10.6 Å². The number of nitrogens with one attached hydrogen (secondary N) is 2. The van der Waals surface area contributed by atoms with E-state index in [0.29, 0.717) is 11.8 Å². The molecule has 3 aromatic rings. The minimum absolute atomic E-state index is 0.189. The third kappa shape index (κ3) is 4.38. The van der Waals surface area contributed by atoms with Gasteiger partial charge in [0.15, 0.2) is 0 Å². The quantitative estimate of drug-likeness (QED) is 0.597. The lowest BCUT2D eigenvalue weighted by molar-refractivity contribution is -0.137. The maximum absolute atomic E-state index is 12.9. The SMILES string of the molecule is O=C(Nc1ccc(Cl)c(C(F)(F)F)c1)C(=O)Nc1ccc2ccccc2c1. The van der Waals surface area contributed by atoms with Gasteiger partial charge in [0.2, 0.25) is 0 Å². The minimum atomic E-state index is -4.68. The summed E-state index contributed by atoms with van der Waals surface area (Å²) < 4.78 is 38.6. The number of carbonyl (C=O) groups is 2. The minimum Gasteiger partial charge on any atom is -0.318 e. The van der Waals surface area contributed by atoms with E-state index < -0.39 is 28.6 Å². The molecule has 0 fully saturated rings. The van der Waals surface area contributed by atoms with Crippen molar-refractivity contribution in [2.24, 2.45) is 0 Å². The Labute approximate surface area is 156 Å². The monoisotopic (exact) mass is 392 g/mol. The molecule has 0 heterocycles. The molecule has 0 spiro atoms. The normalized spacial score (nSPS) is 11.3. The highest BCUT2D eigenvalue weighted by Crippen LogP contribution is 2.36. The molecule has 0 aliphatic heterocycles. The van der Waals surface area contributed by atoms with Crippen LogP contribution in [0.15, 0.2) is 60.7 Å². The maximum atomic E-state index is 12.9. The summed E-state index contributed by atoms with van der Waals surface area (Å²) in [7, 11) is 0. The lowest BCUT2D eigenvalue weighted by Crippen LogP contribution is -2.29. The Balaban J connectivity index is 1.73. The van der Waals surface area contributed by atoms with E-state index in [1.807, 2.05) is 24.3 Å². The first kappa shape index (κ1) is 18.7. The van der Waals surface area contributed by atoms with Crippen LogP contribution in [-0.4, -0.2) is 11.8 Å². The van der Waals surface area contributed by atoms with Crippen LogP contribution in [-0.2, 0) is 15.8 Å². The summed E-state index contributed by atoms with van der Waals surface area (Å²) in [6, 6.07) is 15.4. The van der Waals surface area contributed by atoms with Gasteiger partial charge in [0.25, 0.3) is 0 Å². The molecule has 0 aliphatic carbocycles. The summed E-state index contributed by atoms with van der Waals surface area (Å²) in [5, 5.41) is 5.86. The predicted octanol–water partition coefficient (Wildman–Crippen LogP) is 5.09. The van der Waals surface area contributed by atoms with Crippen molar-refractivity contribution >= 4 is 45.6 Å². The molecule has 138 valence electrons. The molecule has 3 aromatic carbocycles. The van der Waals surface area contributed by atoms with Gasteiger partial charge in [-0.3, -0.25) is 9.59 Å². The number of benzene rings is 3. The molecule has 2 amide bonds. The third-order valence-corrected chi connectivity index (χ3v) is 4.07. The Morgan fingerprint density at radius 2 is 1.33 bits per heavy atom. The summed E-state index contributed by atoms with van der Waals surface area (Å²) in [6.07, 6.45) is -4.68. The van der Waals surface area contributed by atoms with Gasteiger partial charge in [0.05, 0.1) is 10.6 Å². The standard InChI is InChI=1S/C19H12ClF3N2O2/c20-16-8-7-14(10-15(16)19(21,22)23)25-18(27)17(26)24-13-6-5-11-3-1-2-4-12(11)9-13/h1-10H,(H,24,26)(H,25,27). The second kappa shape index (κ2) is 7.28. The molecule has 0 saturated carbocycles. The number of hydrogen-bond donors (Lipinski definition) is 2. The van der Waals surface area contributed by atoms with Crippen molar-refractivity contribution in [3.63, 3.8) is 0 Å². The molecule has 0 aliphatic rings. The molecule has 8 heteroatoms. The molecule has 0 aromatic heterocycles. The lowest BCUT2D eigenvalue weighted by Gasteiger charge is -2.12. The van der Waals surface area contributed by atoms with Crippen molar-refractivity contribution in [1.29, 1.82) is 0 Å². The number of carbonyl (C=O) groups excluding carboxylic acids is 2. The van der Waals surface area contributed by atoms with E-state index in [1.165, 1.54) is 6.07 Å². The highest BCUT2D eigenvalue weighted by molar-refractivity contribution is 6.43. The first-order valence-electron chi connectivity index (χ1n) is 7.72. The van der Waals surface area contributed by atoms with E-state index in [1.54, 1.807) is 18.2 Å². The van der Waals surface area contributed by atoms with Gasteiger partial charge < -0.3 is 10.6 Å². The molecule has 0 radical (unpaired) electrons. The van der Waals surface area contributed by atoms with Crippen molar-refractivity contribution in [2.75, 3.05) is 10.6 Å². The van der Waals surface area contributed by atoms with Crippen LogP contribution in [0.25, 0.3) is 10.8 Å². The number of halogens is 4. The average molecular weight is 393 g/mol. The van der Waals surface area contributed by atoms with Gasteiger partial charge in [-0.15, -0.1) is 0 Å². The highest BCUT2D eigenvalue weighted by Gasteiger charge is 2.33. The van der Waals surface area contributed by atoms with Crippen molar-refractivity contribution in [2.45, 2.75) is 6.18 Å². The molecular formula is C19H12ClF3N2O2. The largest absolute Gasteiger partial charge is 0.417 e. The van der Waals surface area contributed by atoms with E-state index in [9.17, 15) is 22.8 Å². The molecule has 0 saturated heterocycles. The van der Waals surface area contributed by atoms with Gasteiger partial charge in [-0.1, -0.05) is 41.9 Å². The fraction of sp³-hybridized carbons (Fsp3) is 0.0526. The van der Waals surface area contributed by atoms with E-state index in [0.717, 1.165) is 16.8 Å². The molecular weight excluding hydrogens is 381 g/mol. The van der Waals surface area contributed by atoms with Crippen molar-refractivity contribution in [3.05, 3.63) is 71.2 Å². The van der Waals surface area contributed by atoms with Gasteiger partial charge in [0, 0.05) is 11.4 Å². The summed E-state index contributed by atoms with van der Waals surface area (Å²) >= 11 is 5.52. The van der Waals surface area contributed by atoms with Crippen LogP contribution in [0.3, 0.4) is 0 Å². The molecule has 27 heavy (non-hydrogen) atoms. The number of amides is 2. The van der Waals surface area contributed by atoms with E-state index in [-0.39, 0.29) is 5.69 Å². The number of anilines is 2. The lowest BCUT2D eigenvalue weighted by atomic mass is 10.1. The zero-order chi connectivity index (χ0) is 19.6. The molecule has 0 unspecified atom stereocenters. The van der Waals surface area contributed by atoms with Crippen LogP contribution in [0, 0.1) is 0 Å². The predicted molar refractivity (Wildman–Crippen MR) is 97.7 cm³/mol. The van der Waals surface area contributed by atoms with Crippen molar-refractivity contribution in [3.8, 4) is 0 Å². The molecule has 3 rings (SSSR count). The van der Waals surface area contributed by atoms with Gasteiger partial charge in [-0.2, -0.15) is 13.2 Å². The Bertz CT molecular complexity index is 1030. The van der Waals surface area contributed by atoms with Crippen LogP contribution >= 0.6 is 11.6 Å². The van der Waals surface area contributed by atoms with E-state index in [4.69, 9.17) is 11.6 Å². The molecule has 0 bridgehead atoms. The van der Waals surface area contributed by atoms with Gasteiger partial charge in [-0.25, -0.2) is 0 Å². The summed E-state index contributed by atoms with van der Waals surface area (Å²) in [5.74, 6) is -2.10. The first-order valence-corrected chi connectivity index (χ1v) is 8.10. The van der Waals surface area contributed by atoms with Gasteiger partial charge >= 0.3 is 18.0 Å². The van der Waals surface area contributed by atoms with Crippen LogP contribution in [0.2, 0.25) is 5.02 Å². The van der Waals surface area contributed by atoms with Crippen molar-refractivity contribution in [1.82, 2.24) is 0 Å². The summed E-state index contributed by atoms with van der Waals surface area (Å²) in [4.78, 5) is 24.0. The number of hydrogen-bond acceptors (Lipinski definition) is 2. The van der Waals surface area contributed by atoms with Crippen molar-refractivity contribution < 1.29 is 22.8 Å². The summed E-state index contributed by atoms with van der Waals surface area (Å²) in [6.45, 7) is 0. The Kier molecular flexibility index (Phi) is 5.05. The molecule has 0 atom stereocenters. The fourth-order valence-electron chi connectivity index (χ4n) is 2.46. The zero-order valence-electron chi connectivity index (χ0n) is 13.6. The summed E-state index contributed by atoms with van der Waals surface area (Å²) in [5.41, 5.74) is -0.900. The second-order valence-corrected chi connectivity index (χ2v) is 6.07. The molecule has 4 nitrogen and oxygen atoms in total. The highest BCUT2D eigenvalue weighted by atomic mass is 35.5. The number of rotatable bonds is 2. The van der Waals surface area contributed by atoms with Gasteiger partial charge in [-0.05, 0) is 41.1 Å². The van der Waals surface area contributed by atoms with Crippen LogP contribution in [0.4, 0.5) is 24.5 Å². The number of alkyl halides is 3.